The number of nitrogens with one attached hydrogen (secondary N) is 1. The first-order valence-electron chi connectivity index (χ1n) is 5.92. The van der Waals surface area contributed by atoms with Gasteiger partial charge in [-0.2, -0.15) is 0 Å². The van der Waals surface area contributed by atoms with Crippen LogP contribution < -0.4 is 10.5 Å². The molecule has 0 aliphatic heterocycles. The second-order valence-corrected chi connectivity index (χ2v) is 6.52. The van der Waals surface area contributed by atoms with Crippen molar-refractivity contribution in [2.45, 2.75) is 18.2 Å². The summed E-state index contributed by atoms with van der Waals surface area (Å²) in [5, 5.41) is -0.166. The summed E-state index contributed by atoms with van der Waals surface area (Å²) in [6.45, 7) is 1.84. The van der Waals surface area contributed by atoms with E-state index in [9.17, 15) is 8.42 Å². The third-order valence-corrected chi connectivity index (χ3v) is 4.76. The van der Waals surface area contributed by atoms with E-state index in [0.717, 1.165) is 6.33 Å². The third-order valence-electron chi connectivity index (χ3n) is 2.75. The molecule has 112 valence electrons. The smallest absolute Gasteiger partial charge is 0.262 e. The molecule has 2 aromatic rings. The van der Waals surface area contributed by atoms with Crippen molar-refractivity contribution in [3.8, 4) is 0 Å². The summed E-state index contributed by atoms with van der Waals surface area (Å²) in [7, 11) is -3.90. The highest BCUT2D eigenvalue weighted by atomic mass is 35.5. The largest absolute Gasteiger partial charge is 0.399 e. The van der Waals surface area contributed by atoms with Gasteiger partial charge in [-0.05, 0) is 24.1 Å². The second kappa shape index (κ2) is 6.05. The van der Waals surface area contributed by atoms with Gasteiger partial charge in [-0.25, -0.2) is 18.4 Å². The highest BCUT2D eigenvalue weighted by Gasteiger charge is 2.21. The Morgan fingerprint density at radius 1 is 1.24 bits per heavy atom. The molecule has 0 atom stereocenters. The number of anilines is 2. The van der Waals surface area contributed by atoms with Crippen molar-refractivity contribution in [2.75, 3.05) is 10.5 Å². The molecule has 0 unspecified atom stereocenters. The van der Waals surface area contributed by atoms with E-state index in [1.807, 2.05) is 6.92 Å². The van der Waals surface area contributed by atoms with Crippen LogP contribution >= 0.6 is 23.2 Å². The van der Waals surface area contributed by atoms with Crippen molar-refractivity contribution in [1.29, 1.82) is 0 Å². The van der Waals surface area contributed by atoms with Gasteiger partial charge in [0, 0.05) is 5.69 Å². The van der Waals surface area contributed by atoms with Crippen molar-refractivity contribution >= 4 is 44.6 Å². The lowest BCUT2D eigenvalue weighted by molar-refractivity contribution is 0.600. The van der Waals surface area contributed by atoms with Crippen molar-refractivity contribution in [2.24, 2.45) is 0 Å². The number of sulfonamides is 1. The molecule has 0 aliphatic rings. The van der Waals surface area contributed by atoms with Gasteiger partial charge in [0.25, 0.3) is 10.0 Å². The molecular formula is C12H12Cl2N4O2S. The summed E-state index contributed by atoms with van der Waals surface area (Å²) in [5.74, 6) is 0. The standard InChI is InChI=1S/C12H12Cl2N4O2S/c1-2-7-3-4-8(15)5-9(7)21(19,20)18-10-11(13)16-6-17-12(10)14/h3-6,18H,2,15H2,1H3. The number of aromatic nitrogens is 2. The third kappa shape index (κ3) is 3.37. The molecule has 0 amide bonds. The summed E-state index contributed by atoms with van der Waals surface area (Å²) >= 11 is 11.7. The molecule has 0 radical (unpaired) electrons. The van der Waals surface area contributed by atoms with E-state index < -0.39 is 10.0 Å². The van der Waals surface area contributed by atoms with E-state index in [-0.39, 0.29) is 20.9 Å². The summed E-state index contributed by atoms with van der Waals surface area (Å²) in [5.41, 5.74) is 6.57. The zero-order chi connectivity index (χ0) is 15.6. The fourth-order valence-corrected chi connectivity index (χ4v) is 3.67. The van der Waals surface area contributed by atoms with Crippen LogP contribution in [0.4, 0.5) is 11.4 Å². The van der Waals surface area contributed by atoms with Gasteiger partial charge >= 0.3 is 0 Å². The summed E-state index contributed by atoms with van der Waals surface area (Å²) in [6, 6.07) is 4.69. The monoisotopic (exact) mass is 346 g/mol. The fourth-order valence-electron chi connectivity index (χ4n) is 1.73. The van der Waals surface area contributed by atoms with Crippen LogP contribution in [-0.2, 0) is 16.4 Å². The number of nitrogen functional groups attached to an aromatic ring is 1. The molecule has 1 aromatic carbocycles. The molecule has 1 heterocycles. The number of nitrogens with zero attached hydrogens (tertiary/aromatic N) is 2. The Morgan fingerprint density at radius 2 is 1.86 bits per heavy atom. The van der Waals surface area contributed by atoms with E-state index in [4.69, 9.17) is 28.9 Å². The van der Waals surface area contributed by atoms with Crippen LogP contribution in [0.25, 0.3) is 0 Å². The number of hydrogen-bond donors (Lipinski definition) is 2. The molecule has 3 N–H and O–H groups in total. The molecule has 0 saturated heterocycles. The lowest BCUT2D eigenvalue weighted by atomic mass is 10.1. The molecule has 9 heteroatoms. The molecule has 0 fully saturated rings. The van der Waals surface area contributed by atoms with Gasteiger partial charge in [0.2, 0.25) is 0 Å². The van der Waals surface area contributed by atoms with Crippen LogP contribution in [0.5, 0.6) is 0 Å². The number of nitrogens with two attached hydrogens (primary N) is 1. The molecule has 0 spiro atoms. The molecule has 0 saturated carbocycles. The van der Waals surface area contributed by atoms with Gasteiger partial charge < -0.3 is 5.73 Å². The molecule has 21 heavy (non-hydrogen) atoms. The van der Waals surface area contributed by atoms with Gasteiger partial charge in [-0.3, -0.25) is 4.72 Å². The van der Waals surface area contributed by atoms with Crippen molar-refractivity contribution in [1.82, 2.24) is 9.97 Å². The number of halogens is 2. The molecule has 1 aromatic heterocycles. The Hall–Kier alpha value is -1.57. The molecule has 6 nitrogen and oxygen atoms in total. The van der Waals surface area contributed by atoms with Gasteiger partial charge in [0.15, 0.2) is 10.3 Å². The highest BCUT2D eigenvalue weighted by molar-refractivity contribution is 7.92. The van der Waals surface area contributed by atoms with Gasteiger partial charge in [0.05, 0.1) is 4.90 Å². The maximum absolute atomic E-state index is 12.5. The maximum Gasteiger partial charge on any atom is 0.262 e. The van der Waals surface area contributed by atoms with E-state index in [1.165, 1.54) is 6.07 Å². The summed E-state index contributed by atoms with van der Waals surface area (Å²) in [4.78, 5) is 7.46. The van der Waals surface area contributed by atoms with E-state index in [0.29, 0.717) is 17.7 Å². The van der Waals surface area contributed by atoms with Crippen LogP contribution in [0.15, 0.2) is 29.4 Å². The lowest BCUT2D eigenvalue weighted by Crippen LogP contribution is -2.16. The summed E-state index contributed by atoms with van der Waals surface area (Å²) < 4.78 is 27.3. The fraction of sp³-hybridized carbons (Fsp3) is 0.167. The number of hydrogen-bond acceptors (Lipinski definition) is 5. The van der Waals surface area contributed by atoms with E-state index >= 15 is 0 Å². The Kier molecular flexibility index (Phi) is 4.55. The minimum absolute atomic E-state index is 0.0645. The Balaban J connectivity index is 2.51. The maximum atomic E-state index is 12.5. The van der Waals surface area contributed by atoms with Crippen LogP contribution in [0.3, 0.4) is 0 Å². The first-order valence-corrected chi connectivity index (χ1v) is 8.16. The van der Waals surface area contributed by atoms with Gasteiger partial charge in [0.1, 0.15) is 12.0 Å². The molecule has 2 rings (SSSR count). The lowest BCUT2D eigenvalue weighted by Gasteiger charge is -2.13. The van der Waals surface area contributed by atoms with E-state index in [2.05, 4.69) is 14.7 Å². The topological polar surface area (TPSA) is 98.0 Å². The minimum atomic E-state index is -3.90. The van der Waals surface area contributed by atoms with Crippen LogP contribution in [0.2, 0.25) is 10.3 Å². The van der Waals surface area contributed by atoms with Crippen molar-refractivity contribution in [3.05, 3.63) is 40.4 Å². The van der Waals surface area contributed by atoms with E-state index in [1.54, 1.807) is 12.1 Å². The Morgan fingerprint density at radius 3 is 2.43 bits per heavy atom. The van der Waals surface area contributed by atoms with Crippen molar-refractivity contribution < 1.29 is 8.42 Å². The average molecular weight is 347 g/mol. The first-order chi connectivity index (χ1) is 9.85. The minimum Gasteiger partial charge on any atom is -0.399 e. The van der Waals surface area contributed by atoms with Gasteiger partial charge in [-0.15, -0.1) is 0 Å². The zero-order valence-electron chi connectivity index (χ0n) is 11.0. The SMILES string of the molecule is CCc1ccc(N)cc1S(=O)(=O)Nc1c(Cl)ncnc1Cl. The number of aryl methyl sites for hydroxylation is 1. The van der Waals surface area contributed by atoms with Crippen molar-refractivity contribution in [3.63, 3.8) is 0 Å². The van der Waals surface area contributed by atoms with Crippen LogP contribution in [-0.4, -0.2) is 18.4 Å². The predicted octanol–water partition coefficient (Wildman–Crippen LogP) is 2.73. The molecule has 0 bridgehead atoms. The first kappa shape index (κ1) is 15.8. The summed E-state index contributed by atoms with van der Waals surface area (Å²) in [6.07, 6.45) is 1.67. The second-order valence-electron chi connectivity index (χ2n) is 4.16. The highest BCUT2D eigenvalue weighted by Crippen LogP contribution is 2.29. The average Bonchev–Trinajstić information content (AvgIpc) is 2.43. The number of benzene rings is 1. The Bertz CT molecular complexity index is 761. The van der Waals surface area contributed by atoms with Gasteiger partial charge in [-0.1, -0.05) is 36.2 Å². The Labute approximate surface area is 132 Å². The van der Waals surface area contributed by atoms with Crippen LogP contribution in [0, 0.1) is 0 Å². The molecular weight excluding hydrogens is 335 g/mol. The zero-order valence-corrected chi connectivity index (χ0v) is 13.3. The molecule has 0 aliphatic carbocycles. The normalized spacial score (nSPS) is 11.4. The number of rotatable bonds is 4. The van der Waals surface area contributed by atoms with Crippen LogP contribution in [0.1, 0.15) is 12.5 Å². The predicted molar refractivity (Wildman–Crippen MR) is 83.1 cm³/mol. The quantitative estimate of drug-likeness (QED) is 0.655.